The minimum Gasteiger partial charge on any atom is -0.350 e. The molecule has 2 aliphatic rings. The van der Waals surface area contributed by atoms with Crippen LogP contribution in [0.3, 0.4) is 0 Å². The van der Waals surface area contributed by atoms with E-state index in [0.29, 0.717) is 25.9 Å². The fourth-order valence-corrected chi connectivity index (χ4v) is 5.69. The largest absolute Gasteiger partial charge is 0.350 e. The summed E-state index contributed by atoms with van der Waals surface area (Å²) in [5, 5.41) is 11.8. The van der Waals surface area contributed by atoms with Gasteiger partial charge in [0.2, 0.25) is 15.9 Å². The molecule has 2 fully saturated rings. The van der Waals surface area contributed by atoms with E-state index in [-0.39, 0.29) is 41.3 Å². The van der Waals surface area contributed by atoms with Crippen LogP contribution in [0.5, 0.6) is 0 Å². The second-order valence-electron chi connectivity index (χ2n) is 8.54. The van der Waals surface area contributed by atoms with Crippen molar-refractivity contribution < 1.29 is 18.0 Å². The van der Waals surface area contributed by atoms with Gasteiger partial charge in [-0.05, 0) is 43.5 Å². The summed E-state index contributed by atoms with van der Waals surface area (Å²) in [6.07, 6.45) is 1.27. The van der Waals surface area contributed by atoms with Crippen LogP contribution in [0.4, 0.5) is 0 Å². The summed E-state index contributed by atoms with van der Waals surface area (Å²) in [5.41, 5.74) is 2.35. The lowest BCUT2D eigenvalue weighted by atomic mass is 10.1. The number of aryl methyl sites for hydroxylation is 1. The Hall–Kier alpha value is -3.22. The van der Waals surface area contributed by atoms with Gasteiger partial charge in [-0.2, -0.15) is 9.57 Å². The van der Waals surface area contributed by atoms with E-state index in [2.05, 4.69) is 11.4 Å². The van der Waals surface area contributed by atoms with Crippen molar-refractivity contribution in [3.8, 4) is 6.07 Å². The highest BCUT2D eigenvalue weighted by Gasteiger charge is 2.38. The van der Waals surface area contributed by atoms with Gasteiger partial charge in [0.05, 0.1) is 16.9 Å². The number of likely N-dealkylation sites (tertiary alicyclic amines) is 1. The van der Waals surface area contributed by atoms with E-state index in [1.807, 2.05) is 31.2 Å². The molecule has 0 aromatic heterocycles. The highest BCUT2D eigenvalue weighted by molar-refractivity contribution is 7.89. The average molecular weight is 467 g/mol. The lowest BCUT2D eigenvalue weighted by molar-refractivity contribution is -0.125. The normalized spacial score (nSPS) is 19.0. The number of rotatable bonds is 6. The Morgan fingerprint density at radius 2 is 1.88 bits per heavy atom. The maximum Gasteiger partial charge on any atom is 0.254 e. The Labute approximate surface area is 193 Å². The molecule has 0 spiro atoms. The lowest BCUT2D eigenvalue weighted by Crippen LogP contribution is -2.49. The Kier molecular flexibility index (Phi) is 6.49. The minimum atomic E-state index is -3.76. The number of benzene rings is 2. The Morgan fingerprint density at radius 1 is 1.15 bits per heavy atom. The molecule has 33 heavy (non-hydrogen) atoms. The van der Waals surface area contributed by atoms with Crippen molar-refractivity contribution in [1.29, 1.82) is 5.26 Å². The molecule has 9 heteroatoms. The summed E-state index contributed by atoms with van der Waals surface area (Å²) in [7, 11) is -3.76. The van der Waals surface area contributed by atoms with Crippen LogP contribution in [0.1, 0.15) is 34.3 Å². The molecule has 0 unspecified atom stereocenters. The van der Waals surface area contributed by atoms with Crippen molar-refractivity contribution in [1.82, 2.24) is 14.5 Å². The van der Waals surface area contributed by atoms with Crippen molar-refractivity contribution in [3.05, 3.63) is 65.2 Å². The number of carbonyl (C=O) groups is 2. The monoisotopic (exact) mass is 466 g/mol. The predicted molar refractivity (Wildman–Crippen MR) is 121 cm³/mol. The molecule has 4 rings (SSSR count). The van der Waals surface area contributed by atoms with Gasteiger partial charge in [-0.15, -0.1) is 0 Å². The van der Waals surface area contributed by atoms with Crippen molar-refractivity contribution in [2.24, 2.45) is 5.92 Å². The van der Waals surface area contributed by atoms with Crippen molar-refractivity contribution in [2.75, 3.05) is 19.6 Å². The quantitative estimate of drug-likeness (QED) is 0.701. The van der Waals surface area contributed by atoms with Gasteiger partial charge < -0.3 is 10.2 Å². The molecule has 1 atom stereocenters. The fraction of sp³-hybridized carbons (Fsp3) is 0.375. The van der Waals surface area contributed by atoms with Gasteiger partial charge in [0, 0.05) is 31.7 Å². The van der Waals surface area contributed by atoms with Crippen LogP contribution in [0.2, 0.25) is 0 Å². The lowest BCUT2D eigenvalue weighted by Gasteiger charge is -2.34. The molecule has 2 aromatic carbocycles. The second kappa shape index (κ2) is 9.33. The van der Waals surface area contributed by atoms with Crippen LogP contribution in [0.15, 0.2) is 53.4 Å². The summed E-state index contributed by atoms with van der Waals surface area (Å²) in [4.78, 5) is 27.6. The first-order valence-corrected chi connectivity index (χ1v) is 12.4. The average Bonchev–Trinajstić information content (AvgIpc) is 3.27. The van der Waals surface area contributed by atoms with E-state index in [4.69, 9.17) is 5.26 Å². The first kappa shape index (κ1) is 23.0. The zero-order valence-electron chi connectivity index (χ0n) is 18.4. The molecule has 2 amide bonds. The Morgan fingerprint density at radius 3 is 2.58 bits per heavy atom. The Balaban J connectivity index is 1.44. The summed E-state index contributed by atoms with van der Waals surface area (Å²) >= 11 is 0. The number of nitrogens with zero attached hydrogens (tertiary/aromatic N) is 3. The third-order valence-corrected chi connectivity index (χ3v) is 7.98. The van der Waals surface area contributed by atoms with Gasteiger partial charge >= 0.3 is 0 Å². The second-order valence-corrected chi connectivity index (χ2v) is 10.5. The van der Waals surface area contributed by atoms with Gasteiger partial charge in [0.15, 0.2) is 0 Å². The number of hydrogen-bond acceptors (Lipinski definition) is 5. The fourth-order valence-electron chi connectivity index (χ4n) is 4.12. The number of sulfonamides is 1. The number of carbonyl (C=O) groups excluding carboxylic acids is 2. The maximum absolute atomic E-state index is 13.2. The molecule has 172 valence electrons. The Bertz CT molecular complexity index is 1200. The van der Waals surface area contributed by atoms with Crippen LogP contribution in [-0.4, -0.2) is 55.1 Å². The van der Waals surface area contributed by atoms with Crippen LogP contribution in [-0.2, 0) is 21.4 Å². The maximum atomic E-state index is 13.2. The molecule has 8 nitrogen and oxygen atoms in total. The molecule has 0 radical (unpaired) electrons. The van der Waals surface area contributed by atoms with Crippen LogP contribution in [0.25, 0.3) is 0 Å². The van der Waals surface area contributed by atoms with E-state index in [9.17, 15) is 18.0 Å². The summed E-state index contributed by atoms with van der Waals surface area (Å²) in [6, 6.07) is 15.2. The van der Waals surface area contributed by atoms with Gasteiger partial charge in [-0.3, -0.25) is 9.59 Å². The third kappa shape index (κ3) is 4.77. The number of hydrogen-bond donors (Lipinski definition) is 1. The van der Waals surface area contributed by atoms with Crippen molar-refractivity contribution >= 4 is 21.8 Å². The van der Waals surface area contributed by atoms with E-state index in [0.717, 1.165) is 11.1 Å². The first-order chi connectivity index (χ1) is 15.8. The SMILES string of the molecule is Cc1ccc(CNC(=O)[C@H]2CCCN2C(=O)c2cccc(S(=O)(=O)N3CC(C#N)C3)c2)cc1. The van der Waals surface area contributed by atoms with Gasteiger partial charge in [-0.25, -0.2) is 8.42 Å². The van der Waals surface area contributed by atoms with Gasteiger partial charge in [0.25, 0.3) is 5.91 Å². The molecule has 0 saturated carbocycles. The molecule has 0 bridgehead atoms. The van der Waals surface area contributed by atoms with Gasteiger partial charge in [0.1, 0.15) is 6.04 Å². The smallest absolute Gasteiger partial charge is 0.254 e. The predicted octanol–water partition coefficient (Wildman–Crippen LogP) is 2.06. The number of nitriles is 1. The molecular formula is C24H26N4O4S. The topological polar surface area (TPSA) is 111 Å². The summed E-state index contributed by atoms with van der Waals surface area (Å²) in [5.74, 6) is -0.875. The molecule has 2 saturated heterocycles. The van der Waals surface area contributed by atoms with E-state index in [1.165, 1.54) is 27.4 Å². The van der Waals surface area contributed by atoms with Crippen LogP contribution >= 0.6 is 0 Å². The van der Waals surface area contributed by atoms with E-state index < -0.39 is 16.1 Å². The number of amides is 2. The zero-order valence-corrected chi connectivity index (χ0v) is 19.2. The molecule has 2 aliphatic heterocycles. The van der Waals surface area contributed by atoms with Crippen molar-refractivity contribution in [2.45, 2.75) is 37.2 Å². The molecular weight excluding hydrogens is 440 g/mol. The highest BCUT2D eigenvalue weighted by atomic mass is 32.2. The van der Waals surface area contributed by atoms with Crippen LogP contribution in [0, 0.1) is 24.2 Å². The van der Waals surface area contributed by atoms with E-state index in [1.54, 1.807) is 6.07 Å². The third-order valence-electron chi connectivity index (χ3n) is 6.15. The molecule has 2 heterocycles. The number of nitrogens with one attached hydrogen (secondary N) is 1. The standard InChI is InChI=1S/C24H26N4O4S/c1-17-7-9-18(10-8-17)14-26-23(29)22-6-3-11-28(22)24(30)20-4-2-5-21(12-20)33(31,32)27-15-19(13-25)16-27/h2,4-5,7-10,12,19,22H,3,6,11,14-16H2,1H3,(H,26,29)/t22-/m1/s1. The first-order valence-electron chi connectivity index (χ1n) is 10.9. The molecule has 2 aromatic rings. The van der Waals surface area contributed by atoms with E-state index >= 15 is 0 Å². The summed E-state index contributed by atoms with van der Waals surface area (Å²) in [6.45, 7) is 3.13. The molecule has 1 N–H and O–H groups in total. The van der Waals surface area contributed by atoms with Crippen LogP contribution < -0.4 is 5.32 Å². The minimum absolute atomic E-state index is 0.0179. The molecule has 0 aliphatic carbocycles. The highest BCUT2D eigenvalue weighted by Crippen LogP contribution is 2.26. The zero-order chi connectivity index (χ0) is 23.6. The summed E-state index contributed by atoms with van der Waals surface area (Å²) < 4.78 is 26.9. The van der Waals surface area contributed by atoms with Crippen molar-refractivity contribution in [3.63, 3.8) is 0 Å². The van der Waals surface area contributed by atoms with Gasteiger partial charge in [-0.1, -0.05) is 35.9 Å².